The van der Waals surface area contributed by atoms with Gasteiger partial charge in [-0.25, -0.2) is 4.98 Å². The molecule has 0 saturated carbocycles. The summed E-state index contributed by atoms with van der Waals surface area (Å²) in [6.07, 6.45) is 2.78. The molecule has 1 fully saturated rings. The molecule has 5 heteroatoms. The molecule has 5 nitrogen and oxygen atoms in total. The number of hydrogen-bond acceptors (Lipinski definition) is 5. The molecule has 0 amide bonds. The third-order valence-corrected chi connectivity index (χ3v) is 5.04. The Kier molecular flexibility index (Phi) is 5.75. The number of carbonyl (C=O) groups excluding carboxylic acids is 1. The molecule has 2 aromatic rings. The number of nitrogens with zero attached hydrogens (tertiary/aromatic N) is 3. The van der Waals surface area contributed by atoms with Gasteiger partial charge in [-0.2, -0.15) is 5.26 Å². The maximum absolute atomic E-state index is 11.8. The minimum absolute atomic E-state index is 0.0629. The first-order valence-electron chi connectivity index (χ1n) is 9.45. The first-order chi connectivity index (χ1) is 13.0. The first kappa shape index (κ1) is 18.9. The van der Waals surface area contributed by atoms with Gasteiger partial charge >= 0.3 is 0 Å². The SMILES string of the molecule is CCc1cc(C(C)=O)c(C)nc1N1CCC(Oc2cccc(C#N)c2)CC1. The second-order valence-electron chi connectivity index (χ2n) is 6.96. The summed E-state index contributed by atoms with van der Waals surface area (Å²) in [6.45, 7) is 7.31. The van der Waals surface area contributed by atoms with Crippen LogP contribution in [0.5, 0.6) is 5.75 Å². The standard InChI is InChI=1S/C22H25N3O2/c1-4-18-13-21(16(3)26)15(2)24-22(18)25-10-8-19(9-11-25)27-20-7-5-6-17(12-20)14-23/h5-7,12-13,19H,4,8-11H2,1-3H3. The zero-order valence-electron chi connectivity index (χ0n) is 16.2. The zero-order valence-corrected chi connectivity index (χ0v) is 16.2. The quantitative estimate of drug-likeness (QED) is 0.749. The van der Waals surface area contributed by atoms with E-state index in [1.807, 2.05) is 25.1 Å². The van der Waals surface area contributed by atoms with Crippen LogP contribution in [0.3, 0.4) is 0 Å². The van der Waals surface area contributed by atoms with Crippen LogP contribution in [0.2, 0.25) is 0 Å². The van der Waals surface area contributed by atoms with Crippen LogP contribution in [0, 0.1) is 18.3 Å². The molecule has 1 aromatic carbocycles. The number of ether oxygens (including phenoxy) is 1. The molecular weight excluding hydrogens is 338 g/mol. The number of nitriles is 1. The summed E-state index contributed by atoms with van der Waals surface area (Å²) in [5.74, 6) is 1.81. The van der Waals surface area contributed by atoms with E-state index in [0.29, 0.717) is 11.1 Å². The fraction of sp³-hybridized carbons (Fsp3) is 0.409. The maximum atomic E-state index is 11.8. The van der Waals surface area contributed by atoms with Crippen molar-refractivity contribution < 1.29 is 9.53 Å². The molecule has 2 heterocycles. The highest BCUT2D eigenvalue weighted by atomic mass is 16.5. The number of anilines is 1. The Morgan fingerprint density at radius 2 is 2.07 bits per heavy atom. The van der Waals surface area contributed by atoms with E-state index in [2.05, 4.69) is 17.9 Å². The lowest BCUT2D eigenvalue weighted by molar-refractivity contribution is 0.101. The van der Waals surface area contributed by atoms with Crippen LogP contribution in [0.15, 0.2) is 30.3 Å². The van der Waals surface area contributed by atoms with Crippen molar-refractivity contribution in [2.24, 2.45) is 0 Å². The summed E-state index contributed by atoms with van der Waals surface area (Å²) in [5, 5.41) is 9.01. The number of carbonyl (C=O) groups is 1. The van der Waals surface area contributed by atoms with Crippen molar-refractivity contribution >= 4 is 11.6 Å². The van der Waals surface area contributed by atoms with Crippen LogP contribution in [0.4, 0.5) is 5.82 Å². The predicted octanol–water partition coefficient (Wildman–Crippen LogP) is 4.07. The summed E-state index contributed by atoms with van der Waals surface area (Å²) < 4.78 is 6.07. The first-order valence-corrected chi connectivity index (χ1v) is 9.45. The Labute approximate surface area is 160 Å². The van der Waals surface area contributed by atoms with Gasteiger partial charge in [0, 0.05) is 31.5 Å². The van der Waals surface area contributed by atoms with Crippen LogP contribution in [-0.2, 0) is 6.42 Å². The normalized spacial score (nSPS) is 14.7. The van der Waals surface area contributed by atoms with Crippen molar-refractivity contribution in [2.45, 2.75) is 46.1 Å². The Morgan fingerprint density at radius 3 is 2.70 bits per heavy atom. The molecule has 0 N–H and O–H groups in total. The van der Waals surface area contributed by atoms with Crippen molar-refractivity contribution in [3.8, 4) is 11.8 Å². The fourth-order valence-corrected chi connectivity index (χ4v) is 3.54. The molecule has 0 atom stereocenters. The summed E-state index contributed by atoms with van der Waals surface area (Å²) >= 11 is 0. The molecular formula is C22H25N3O2. The van der Waals surface area contributed by atoms with E-state index in [1.165, 1.54) is 0 Å². The Hall–Kier alpha value is -2.87. The Morgan fingerprint density at radius 1 is 1.33 bits per heavy atom. The third kappa shape index (κ3) is 4.28. The molecule has 1 aliphatic heterocycles. The van der Waals surface area contributed by atoms with Gasteiger partial charge in [0.2, 0.25) is 0 Å². The number of benzene rings is 1. The highest BCUT2D eigenvalue weighted by molar-refractivity contribution is 5.95. The van der Waals surface area contributed by atoms with E-state index in [-0.39, 0.29) is 11.9 Å². The number of aryl methyl sites for hydroxylation is 2. The second-order valence-corrected chi connectivity index (χ2v) is 6.96. The third-order valence-electron chi connectivity index (χ3n) is 5.04. The number of ketones is 1. The number of aromatic nitrogens is 1. The van der Waals surface area contributed by atoms with E-state index >= 15 is 0 Å². The van der Waals surface area contributed by atoms with Gasteiger partial charge in [-0.3, -0.25) is 4.79 Å². The Balaban J connectivity index is 1.69. The summed E-state index contributed by atoms with van der Waals surface area (Å²) in [5.41, 5.74) is 3.24. The van der Waals surface area contributed by atoms with E-state index < -0.39 is 0 Å². The van der Waals surface area contributed by atoms with Crippen LogP contribution >= 0.6 is 0 Å². The minimum atomic E-state index is 0.0629. The molecule has 1 saturated heterocycles. The van der Waals surface area contributed by atoms with Crippen molar-refractivity contribution in [1.29, 1.82) is 5.26 Å². The van der Waals surface area contributed by atoms with Gasteiger partial charge in [0.15, 0.2) is 5.78 Å². The van der Waals surface area contributed by atoms with Crippen molar-refractivity contribution in [1.82, 2.24) is 4.98 Å². The molecule has 0 bridgehead atoms. The van der Waals surface area contributed by atoms with E-state index in [1.54, 1.807) is 19.1 Å². The summed E-state index contributed by atoms with van der Waals surface area (Å²) in [4.78, 5) is 18.8. The molecule has 1 aromatic heterocycles. The smallest absolute Gasteiger partial charge is 0.161 e. The van der Waals surface area contributed by atoms with Crippen LogP contribution in [0.25, 0.3) is 0 Å². The number of pyridine rings is 1. The monoisotopic (exact) mass is 363 g/mol. The zero-order chi connectivity index (χ0) is 19.4. The topological polar surface area (TPSA) is 66.2 Å². The van der Waals surface area contributed by atoms with Crippen molar-refractivity contribution in [3.63, 3.8) is 0 Å². The highest BCUT2D eigenvalue weighted by Crippen LogP contribution is 2.27. The van der Waals surface area contributed by atoms with E-state index in [4.69, 9.17) is 15.0 Å². The van der Waals surface area contributed by atoms with Crippen LogP contribution < -0.4 is 9.64 Å². The van der Waals surface area contributed by atoms with Crippen molar-refractivity contribution in [2.75, 3.05) is 18.0 Å². The molecule has 3 rings (SSSR count). The van der Waals surface area contributed by atoms with E-state index in [9.17, 15) is 4.79 Å². The van der Waals surface area contributed by atoms with Crippen molar-refractivity contribution in [3.05, 3.63) is 52.7 Å². The lowest BCUT2D eigenvalue weighted by Crippen LogP contribution is -2.39. The summed E-state index contributed by atoms with van der Waals surface area (Å²) in [6, 6.07) is 11.4. The highest BCUT2D eigenvalue weighted by Gasteiger charge is 2.24. The average Bonchev–Trinajstić information content (AvgIpc) is 2.68. The van der Waals surface area contributed by atoms with Crippen LogP contribution in [-0.4, -0.2) is 30.0 Å². The molecule has 0 spiro atoms. The van der Waals surface area contributed by atoms with Gasteiger partial charge in [-0.1, -0.05) is 13.0 Å². The number of piperidine rings is 1. The molecule has 1 aliphatic rings. The number of Topliss-reactive ketones (excluding diaryl/α,β-unsaturated/α-hetero) is 1. The molecule has 0 radical (unpaired) electrons. The minimum Gasteiger partial charge on any atom is -0.490 e. The lowest BCUT2D eigenvalue weighted by Gasteiger charge is -2.34. The van der Waals surface area contributed by atoms with Gasteiger partial charge in [-0.05, 0) is 50.1 Å². The maximum Gasteiger partial charge on any atom is 0.161 e. The van der Waals surface area contributed by atoms with Gasteiger partial charge < -0.3 is 9.64 Å². The van der Waals surface area contributed by atoms with Gasteiger partial charge in [0.25, 0.3) is 0 Å². The molecule has 0 unspecified atom stereocenters. The lowest BCUT2D eigenvalue weighted by atomic mass is 10.0. The number of rotatable bonds is 5. The number of hydrogen-bond donors (Lipinski definition) is 0. The Bertz CT molecular complexity index is 878. The van der Waals surface area contributed by atoms with Gasteiger partial charge in [-0.15, -0.1) is 0 Å². The van der Waals surface area contributed by atoms with Gasteiger partial charge in [0.05, 0.1) is 17.3 Å². The van der Waals surface area contributed by atoms with E-state index in [0.717, 1.165) is 55.2 Å². The average molecular weight is 363 g/mol. The molecule has 27 heavy (non-hydrogen) atoms. The van der Waals surface area contributed by atoms with Crippen LogP contribution in [0.1, 0.15) is 53.9 Å². The van der Waals surface area contributed by atoms with Gasteiger partial charge in [0.1, 0.15) is 17.7 Å². The largest absolute Gasteiger partial charge is 0.490 e. The summed E-state index contributed by atoms with van der Waals surface area (Å²) in [7, 11) is 0. The second kappa shape index (κ2) is 8.22. The fourth-order valence-electron chi connectivity index (χ4n) is 3.54. The molecule has 0 aliphatic carbocycles. The molecule has 140 valence electrons. The predicted molar refractivity (Wildman–Crippen MR) is 105 cm³/mol.